The largest absolute Gasteiger partial charge is 0.573 e. The lowest BCUT2D eigenvalue weighted by Crippen LogP contribution is -2.36. The van der Waals surface area contributed by atoms with Crippen LogP contribution in [0.25, 0.3) is 22.4 Å². The smallest absolute Gasteiger partial charge is 0.406 e. The van der Waals surface area contributed by atoms with Gasteiger partial charge in [0.05, 0.1) is 34.3 Å². The number of nitrogens with zero attached hydrogens (tertiary/aromatic N) is 3. The first-order chi connectivity index (χ1) is 23.0. The van der Waals surface area contributed by atoms with Crippen LogP contribution in [0, 0.1) is 0 Å². The second-order valence-electron chi connectivity index (χ2n) is 11.7. The number of fused-ring (bicyclic) bond motifs is 1. The Labute approximate surface area is 286 Å². The Balaban J connectivity index is 1.34. The van der Waals surface area contributed by atoms with Gasteiger partial charge >= 0.3 is 6.36 Å². The predicted molar refractivity (Wildman–Crippen MR) is 182 cm³/mol. The van der Waals surface area contributed by atoms with E-state index in [9.17, 15) is 18.0 Å². The van der Waals surface area contributed by atoms with Gasteiger partial charge in [0.25, 0.3) is 0 Å². The number of benzene rings is 4. The van der Waals surface area contributed by atoms with Gasteiger partial charge in [-0.15, -0.1) is 13.2 Å². The fraction of sp³-hybridized carbons (Fsp3) is 0.278. The van der Waals surface area contributed by atoms with E-state index < -0.39 is 6.36 Å². The monoisotopic (exact) mass is 696 g/mol. The lowest BCUT2D eigenvalue weighted by molar-refractivity contribution is -0.274. The number of Topliss-reactive ketones (excluding diaryl/α,β-unsaturated/α-hetero) is 1. The lowest BCUT2D eigenvalue weighted by Gasteiger charge is -2.28. The number of carbonyl (C=O) groups excluding carboxylic acids is 1. The van der Waals surface area contributed by atoms with Gasteiger partial charge in [0.1, 0.15) is 17.4 Å². The molecular weight excluding hydrogens is 664 g/mol. The molecule has 6 rings (SSSR count). The second kappa shape index (κ2) is 14.6. The topological polar surface area (TPSA) is 68.6 Å². The highest BCUT2D eigenvalue weighted by Crippen LogP contribution is 2.32. The number of hydrogen-bond donors (Lipinski definition) is 1. The average Bonchev–Trinajstić information content (AvgIpc) is 3.42. The standard InChI is InChI=1S/C36H33Cl2F3N4O3/c1-23(46)18-32(42-21-25-4-12-30(37)31(38)19-25)27-7-13-34-33(20-27)43-35(26-5-8-28(9-6-26)44-14-16-47-17-15-44)45(34)22-24-2-10-29(11-3-24)48-36(39,40)41/h2-13,19-20,32,42H,14-18,21-22H2,1H3. The molecule has 1 unspecified atom stereocenters. The van der Waals surface area contributed by atoms with E-state index in [1.807, 2.05) is 41.0 Å². The van der Waals surface area contributed by atoms with Gasteiger partial charge in [-0.1, -0.05) is 47.5 Å². The summed E-state index contributed by atoms with van der Waals surface area (Å²) >= 11 is 12.3. The highest BCUT2D eigenvalue weighted by atomic mass is 35.5. The number of nitrogens with one attached hydrogen (secondary N) is 1. The van der Waals surface area contributed by atoms with Gasteiger partial charge in [0.2, 0.25) is 0 Å². The third-order valence-corrected chi connectivity index (χ3v) is 8.94. The summed E-state index contributed by atoms with van der Waals surface area (Å²) in [5.41, 5.74) is 6.14. The Morgan fingerprint density at radius 1 is 0.938 bits per heavy atom. The van der Waals surface area contributed by atoms with Crippen LogP contribution in [0.2, 0.25) is 10.0 Å². The van der Waals surface area contributed by atoms with Crippen molar-refractivity contribution in [3.63, 3.8) is 0 Å². The molecule has 48 heavy (non-hydrogen) atoms. The molecular formula is C36H33Cl2F3N4O3. The van der Waals surface area contributed by atoms with E-state index >= 15 is 0 Å². The summed E-state index contributed by atoms with van der Waals surface area (Å²) in [4.78, 5) is 19.6. The van der Waals surface area contributed by atoms with Crippen LogP contribution in [0.3, 0.4) is 0 Å². The number of carbonyl (C=O) groups is 1. The number of hydrogen-bond acceptors (Lipinski definition) is 6. The minimum Gasteiger partial charge on any atom is -0.406 e. The third-order valence-electron chi connectivity index (χ3n) is 8.20. The van der Waals surface area contributed by atoms with Gasteiger partial charge in [-0.25, -0.2) is 4.98 Å². The number of morpholine rings is 1. The molecule has 1 aromatic heterocycles. The summed E-state index contributed by atoms with van der Waals surface area (Å²) in [6.45, 7) is 5.37. The highest BCUT2D eigenvalue weighted by molar-refractivity contribution is 6.42. The van der Waals surface area contributed by atoms with Gasteiger partial charge in [0, 0.05) is 49.9 Å². The van der Waals surface area contributed by atoms with E-state index in [1.54, 1.807) is 31.2 Å². The minimum absolute atomic E-state index is 0.0336. The summed E-state index contributed by atoms with van der Waals surface area (Å²) in [6.07, 6.45) is -4.49. The maximum absolute atomic E-state index is 12.8. The molecule has 0 radical (unpaired) electrons. The number of rotatable bonds is 11. The zero-order valence-electron chi connectivity index (χ0n) is 26.1. The molecule has 1 saturated heterocycles. The van der Waals surface area contributed by atoms with Crippen LogP contribution >= 0.6 is 23.2 Å². The number of anilines is 1. The van der Waals surface area contributed by atoms with Crippen molar-refractivity contribution in [2.45, 2.75) is 38.8 Å². The Bertz CT molecular complexity index is 1890. The van der Waals surface area contributed by atoms with E-state index in [-0.39, 0.29) is 24.0 Å². The molecule has 0 amide bonds. The van der Waals surface area contributed by atoms with Crippen molar-refractivity contribution in [3.8, 4) is 17.1 Å². The summed E-state index contributed by atoms with van der Waals surface area (Å²) in [5.74, 6) is 0.458. The highest BCUT2D eigenvalue weighted by Gasteiger charge is 2.31. The van der Waals surface area contributed by atoms with E-state index in [0.717, 1.165) is 52.1 Å². The second-order valence-corrected chi connectivity index (χ2v) is 12.5. The molecule has 0 spiro atoms. The third kappa shape index (κ3) is 8.30. The Morgan fingerprint density at radius 2 is 1.65 bits per heavy atom. The summed E-state index contributed by atoms with van der Waals surface area (Å²) in [5, 5.41) is 4.41. The molecule has 0 aliphatic carbocycles. The molecule has 5 aromatic rings. The number of imidazole rings is 1. The fourth-order valence-electron chi connectivity index (χ4n) is 5.85. The first kappa shape index (κ1) is 33.8. The van der Waals surface area contributed by atoms with Crippen LogP contribution in [-0.2, 0) is 22.6 Å². The molecule has 12 heteroatoms. The van der Waals surface area contributed by atoms with Gasteiger partial charge in [-0.3, -0.25) is 4.79 Å². The van der Waals surface area contributed by atoms with Gasteiger partial charge in [-0.05, 0) is 84.3 Å². The molecule has 7 nitrogen and oxygen atoms in total. The van der Waals surface area contributed by atoms with E-state index in [1.165, 1.54) is 12.1 Å². The zero-order valence-corrected chi connectivity index (χ0v) is 27.6. The molecule has 1 N–H and O–H groups in total. The SMILES string of the molecule is CC(=O)CC(NCc1ccc(Cl)c(Cl)c1)c1ccc2c(c1)nc(-c1ccc(N3CCOCC3)cc1)n2Cc1ccc(OC(F)(F)F)cc1. The fourth-order valence-corrected chi connectivity index (χ4v) is 6.17. The van der Waals surface area contributed by atoms with Crippen molar-refractivity contribution in [2.75, 3.05) is 31.2 Å². The van der Waals surface area contributed by atoms with E-state index in [2.05, 4.69) is 27.1 Å². The van der Waals surface area contributed by atoms with E-state index in [0.29, 0.717) is 42.2 Å². The van der Waals surface area contributed by atoms with Crippen LogP contribution in [0.15, 0.2) is 84.9 Å². The first-order valence-electron chi connectivity index (χ1n) is 15.5. The van der Waals surface area contributed by atoms with Gasteiger partial charge < -0.3 is 24.3 Å². The van der Waals surface area contributed by atoms with Crippen molar-refractivity contribution in [1.29, 1.82) is 0 Å². The number of ether oxygens (including phenoxy) is 2. The van der Waals surface area contributed by atoms with Crippen molar-refractivity contribution < 1.29 is 27.4 Å². The Hall–Kier alpha value is -4.09. The summed E-state index contributed by atoms with van der Waals surface area (Å²) < 4.78 is 49.9. The molecule has 0 bridgehead atoms. The molecule has 2 heterocycles. The van der Waals surface area contributed by atoms with E-state index in [4.69, 9.17) is 32.9 Å². The van der Waals surface area contributed by atoms with Crippen LogP contribution in [-0.4, -0.2) is 48.0 Å². The number of aromatic nitrogens is 2. The van der Waals surface area contributed by atoms with Gasteiger partial charge in [-0.2, -0.15) is 0 Å². The number of ketones is 1. The molecule has 4 aromatic carbocycles. The van der Waals surface area contributed by atoms with Crippen molar-refractivity contribution in [2.24, 2.45) is 0 Å². The zero-order chi connectivity index (χ0) is 33.8. The Morgan fingerprint density at radius 3 is 2.31 bits per heavy atom. The summed E-state index contributed by atoms with van der Waals surface area (Å²) in [6, 6.07) is 25.1. The Kier molecular flexibility index (Phi) is 10.3. The van der Waals surface area contributed by atoms with Crippen LogP contribution in [0.4, 0.5) is 18.9 Å². The maximum atomic E-state index is 12.8. The minimum atomic E-state index is -4.77. The van der Waals surface area contributed by atoms with Crippen LogP contribution in [0.1, 0.15) is 36.1 Å². The van der Waals surface area contributed by atoms with Crippen molar-refractivity contribution >= 4 is 45.7 Å². The first-order valence-corrected chi connectivity index (χ1v) is 16.2. The van der Waals surface area contributed by atoms with Crippen LogP contribution in [0.5, 0.6) is 5.75 Å². The summed E-state index contributed by atoms with van der Waals surface area (Å²) in [7, 11) is 0. The number of alkyl halides is 3. The number of halogens is 5. The molecule has 0 saturated carbocycles. The molecule has 1 aliphatic heterocycles. The molecule has 250 valence electrons. The lowest BCUT2D eigenvalue weighted by atomic mass is 10.0. The normalized spacial score (nSPS) is 14.3. The maximum Gasteiger partial charge on any atom is 0.573 e. The van der Waals surface area contributed by atoms with Crippen molar-refractivity contribution in [3.05, 3.63) is 112 Å². The average molecular weight is 698 g/mol. The molecule has 1 fully saturated rings. The molecule has 1 atom stereocenters. The van der Waals surface area contributed by atoms with Crippen LogP contribution < -0.4 is 15.0 Å². The van der Waals surface area contributed by atoms with Gasteiger partial charge in [0.15, 0.2) is 0 Å². The molecule has 1 aliphatic rings. The predicted octanol–water partition coefficient (Wildman–Crippen LogP) is 8.60. The quantitative estimate of drug-likeness (QED) is 0.149. The van der Waals surface area contributed by atoms with Crippen molar-refractivity contribution in [1.82, 2.24) is 14.9 Å².